The Kier molecular flexibility index (Phi) is 6.17. The lowest BCUT2D eigenvalue weighted by molar-refractivity contribution is -0.384. The van der Waals surface area contributed by atoms with Crippen LogP contribution in [-0.2, 0) is 4.79 Å². The van der Waals surface area contributed by atoms with Gasteiger partial charge in [-0.05, 0) is 30.3 Å². The lowest BCUT2D eigenvalue weighted by Gasteiger charge is -2.04. The van der Waals surface area contributed by atoms with Crippen LogP contribution in [-0.4, -0.2) is 36.9 Å². The van der Waals surface area contributed by atoms with E-state index < -0.39 is 10.8 Å². The van der Waals surface area contributed by atoms with E-state index in [1.807, 2.05) is 0 Å². The number of thioether (sulfide) groups is 1. The monoisotopic (exact) mass is 483 g/mol. The standard InChI is InChI=1S/C16H11BrClN5O4S/c17-8-1-4-13(24)10(5-8)15-20-16(22-21-15)28-7-14(25)19-9-2-3-11(18)12(6-9)23(26)27/h1-6,24H,7H2,(H,19,25)(H,20,21,22). The Morgan fingerprint density at radius 1 is 1.36 bits per heavy atom. The Labute approximate surface area is 175 Å². The van der Waals surface area contributed by atoms with Gasteiger partial charge in [-0.3, -0.25) is 20.0 Å². The fourth-order valence-corrected chi connectivity index (χ4v) is 3.33. The number of nitro benzene ring substituents is 1. The largest absolute Gasteiger partial charge is 0.507 e. The van der Waals surface area contributed by atoms with Crippen LogP contribution in [0.25, 0.3) is 11.4 Å². The van der Waals surface area contributed by atoms with Crippen LogP contribution < -0.4 is 5.32 Å². The molecule has 0 spiro atoms. The summed E-state index contributed by atoms with van der Waals surface area (Å²) in [7, 11) is 0. The number of hydrogen-bond donors (Lipinski definition) is 3. The minimum absolute atomic E-state index is 0.0126. The Morgan fingerprint density at radius 3 is 2.89 bits per heavy atom. The quantitative estimate of drug-likeness (QED) is 0.271. The Bertz CT molecular complexity index is 1060. The molecule has 2 aromatic carbocycles. The van der Waals surface area contributed by atoms with E-state index in [0.29, 0.717) is 16.5 Å². The predicted molar refractivity (Wildman–Crippen MR) is 109 cm³/mol. The summed E-state index contributed by atoms with van der Waals surface area (Å²) in [5, 5.41) is 30.4. The molecule has 144 valence electrons. The summed E-state index contributed by atoms with van der Waals surface area (Å²) in [6.45, 7) is 0. The number of phenolic OH excluding ortho intramolecular Hbond substituents is 1. The van der Waals surface area contributed by atoms with Gasteiger partial charge in [0.1, 0.15) is 10.8 Å². The normalized spacial score (nSPS) is 10.6. The highest BCUT2D eigenvalue weighted by Gasteiger charge is 2.15. The third-order valence-electron chi connectivity index (χ3n) is 3.44. The maximum atomic E-state index is 12.1. The molecule has 0 saturated heterocycles. The maximum Gasteiger partial charge on any atom is 0.289 e. The molecule has 0 saturated carbocycles. The van der Waals surface area contributed by atoms with Crippen LogP contribution >= 0.6 is 39.3 Å². The molecule has 28 heavy (non-hydrogen) atoms. The summed E-state index contributed by atoms with van der Waals surface area (Å²) < 4.78 is 0.766. The molecule has 0 radical (unpaired) electrons. The fourth-order valence-electron chi connectivity index (χ4n) is 2.19. The van der Waals surface area contributed by atoms with Crippen LogP contribution in [0.15, 0.2) is 46.0 Å². The molecule has 0 atom stereocenters. The van der Waals surface area contributed by atoms with Crippen LogP contribution in [0.2, 0.25) is 5.02 Å². The maximum absolute atomic E-state index is 12.1. The zero-order chi connectivity index (χ0) is 20.3. The molecule has 3 N–H and O–H groups in total. The van der Waals surface area contributed by atoms with Gasteiger partial charge in [-0.25, -0.2) is 4.98 Å². The number of carbonyl (C=O) groups excluding carboxylic acids is 1. The van der Waals surface area contributed by atoms with Gasteiger partial charge in [0.15, 0.2) is 5.82 Å². The highest BCUT2D eigenvalue weighted by molar-refractivity contribution is 9.10. The number of benzene rings is 2. The van der Waals surface area contributed by atoms with Gasteiger partial charge in [0.2, 0.25) is 11.1 Å². The minimum Gasteiger partial charge on any atom is -0.507 e. The second-order valence-corrected chi connectivity index (χ2v) is 7.65. The van der Waals surface area contributed by atoms with Crippen molar-refractivity contribution >= 4 is 56.6 Å². The minimum atomic E-state index is -0.626. The van der Waals surface area contributed by atoms with Gasteiger partial charge in [-0.1, -0.05) is 39.3 Å². The molecule has 0 bridgehead atoms. The van der Waals surface area contributed by atoms with Gasteiger partial charge in [0.05, 0.1) is 16.2 Å². The lowest BCUT2D eigenvalue weighted by Crippen LogP contribution is -2.14. The Hall–Kier alpha value is -2.63. The predicted octanol–water partition coefficient (Wildman–Crippen LogP) is 4.23. The van der Waals surface area contributed by atoms with Crippen LogP contribution in [0.1, 0.15) is 0 Å². The first-order valence-corrected chi connectivity index (χ1v) is 9.77. The molecule has 0 aliphatic heterocycles. The second kappa shape index (κ2) is 8.59. The van der Waals surface area contributed by atoms with Gasteiger partial charge in [0, 0.05) is 16.2 Å². The van der Waals surface area contributed by atoms with Crippen molar-refractivity contribution in [3.05, 3.63) is 56.0 Å². The second-order valence-electron chi connectivity index (χ2n) is 5.39. The molecular weight excluding hydrogens is 474 g/mol. The molecule has 1 aromatic heterocycles. The molecule has 0 aliphatic carbocycles. The number of anilines is 1. The van der Waals surface area contributed by atoms with E-state index >= 15 is 0 Å². The number of nitrogens with zero attached hydrogens (tertiary/aromatic N) is 3. The van der Waals surface area contributed by atoms with Crippen LogP contribution in [0, 0.1) is 10.1 Å². The number of aromatic nitrogens is 3. The van der Waals surface area contributed by atoms with Gasteiger partial charge in [0.25, 0.3) is 5.69 Å². The van der Waals surface area contributed by atoms with Crippen molar-refractivity contribution in [2.24, 2.45) is 0 Å². The number of hydrogen-bond acceptors (Lipinski definition) is 7. The molecule has 3 aromatic rings. The molecule has 0 fully saturated rings. The van der Waals surface area contributed by atoms with E-state index in [9.17, 15) is 20.0 Å². The number of aromatic amines is 1. The van der Waals surface area contributed by atoms with Crippen molar-refractivity contribution in [1.29, 1.82) is 0 Å². The smallest absolute Gasteiger partial charge is 0.289 e. The third kappa shape index (κ3) is 4.80. The van der Waals surface area contributed by atoms with E-state index in [0.717, 1.165) is 16.2 Å². The summed E-state index contributed by atoms with van der Waals surface area (Å²) >= 11 is 10.1. The molecule has 1 heterocycles. The van der Waals surface area contributed by atoms with Gasteiger partial charge >= 0.3 is 0 Å². The third-order valence-corrected chi connectivity index (χ3v) is 5.10. The number of aromatic hydroxyl groups is 1. The number of rotatable bonds is 6. The molecule has 1 amide bonds. The van der Waals surface area contributed by atoms with Crippen molar-refractivity contribution in [3.63, 3.8) is 0 Å². The first-order chi connectivity index (χ1) is 13.3. The zero-order valence-corrected chi connectivity index (χ0v) is 17.0. The lowest BCUT2D eigenvalue weighted by atomic mass is 10.2. The van der Waals surface area contributed by atoms with E-state index in [1.54, 1.807) is 12.1 Å². The summed E-state index contributed by atoms with van der Waals surface area (Å²) in [5.74, 6) is -0.00987. The topological polar surface area (TPSA) is 134 Å². The van der Waals surface area contributed by atoms with Gasteiger partial charge < -0.3 is 10.4 Å². The summed E-state index contributed by atoms with van der Waals surface area (Å²) in [5.41, 5.74) is 0.433. The van der Waals surface area contributed by atoms with E-state index in [-0.39, 0.29) is 27.9 Å². The van der Waals surface area contributed by atoms with E-state index in [2.05, 4.69) is 36.4 Å². The van der Waals surface area contributed by atoms with Crippen LogP contribution in [0.3, 0.4) is 0 Å². The zero-order valence-electron chi connectivity index (χ0n) is 13.8. The van der Waals surface area contributed by atoms with E-state index in [4.69, 9.17) is 11.6 Å². The molecular formula is C16H11BrClN5O4S. The van der Waals surface area contributed by atoms with Crippen molar-refractivity contribution in [1.82, 2.24) is 15.2 Å². The highest BCUT2D eigenvalue weighted by Crippen LogP contribution is 2.30. The summed E-state index contributed by atoms with van der Waals surface area (Å²) in [4.78, 5) is 26.6. The SMILES string of the molecule is O=C(CSc1n[nH]c(-c2cc(Br)ccc2O)n1)Nc1ccc(Cl)c([N+](=O)[O-])c1. The van der Waals surface area contributed by atoms with E-state index in [1.165, 1.54) is 24.3 Å². The molecule has 3 rings (SSSR count). The van der Waals surface area contributed by atoms with Gasteiger partial charge in [-0.15, -0.1) is 5.10 Å². The van der Waals surface area contributed by atoms with Crippen molar-refractivity contribution in [2.75, 3.05) is 11.1 Å². The molecule has 9 nitrogen and oxygen atoms in total. The van der Waals surface area contributed by atoms with Crippen LogP contribution in [0.5, 0.6) is 5.75 Å². The average molecular weight is 485 g/mol. The number of nitrogens with one attached hydrogen (secondary N) is 2. The number of carbonyl (C=O) groups is 1. The summed E-state index contributed by atoms with van der Waals surface area (Å²) in [6.07, 6.45) is 0. The van der Waals surface area contributed by atoms with Crippen molar-refractivity contribution in [3.8, 4) is 17.1 Å². The molecule has 0 unspecified atom stereocenters. The summed E-state index contributed by atoms with van der Waals surface area (Å²) in [6, 6.07) is 8.90. The number of halogens is 2. The number of H-pyrrole nitrogens is 1. The molecule has 12 heteroatoms. The molecule has 0 aliphatic rings. The average Bonchev–Trinajstić information content (AvgIpc) is 3.12. The highest BCUT2D eigenvalue weighted by atomic mass is 79.9. The number of phenols is 1. The fraction of sp³-hybridized carbons (Fsp3) is 0.0625. The first kappa shape index (κ1) is 20.1. The van der Waals surface area contributed by atoms with Crippen LogP contribution in [0.4, 0.5) is 11.4 Å². The number of amides is 1. The number of nitro groups is 1. The van der Waals surface area contributed by atoms with Gasteiger partial charge in [-0.2, -0.15) is 0 Å². The Morgan fingerprint density at radius 2 is 2.14 bits per heavy atom. The first-order valence-electron chi connectivity index (χ1n) is 7.61. The van der Waals surface area contributed by atoms with Crippen molar-refractivity contribution in [2.45, 2.75) is 5.16 Å². The van der Waals surface area contributed by atoms with Crippen molar-refractivity contribution < 1.29 is 14.8 Å². The Balaban J connectivity index is 1.63.